The highest BCUT2D eigenvalue weighted by Gasteiger charge is 2.42. The zero-order valence-corrected chi connectivity index (χ0v) is 9.55. The fourth-order valence-corrected chi connectivity index (χ4v) is 2.77. The number of benzene rings is 1. The maximum Gasteiger partial charge on any atom is 0.169 e. The minimum absolute atomic E-state index is 0.0849. The lowest BCUT2D eigenvalue weighted by Gasteiger charge is -2.24. The minimum atomic E-state index is -0.0849. The summed E-state index contributed by atoms with van der Waals surface area (Å²) in [6, 6.07) is 8.07. The van der Waals surface area contributed by atoms with Crippen LogP contribution < -0.4 is 0 Å². The second-order valence-electron chi connectivity index (χ2n) is 4.55. The number of Topliss-reactive ketones (excluding diaryl/α,β-unsaturated/α-hetero) is 1. The summed E-state index contributed by atoms with van der Waals surface area (Å²) in [6.45, 7) is 4.30. The van der Waals surface area contributed by atoms with E-state index in [0.29, 0.717) is 5.78 Å². The van der Waals surface area contributed by atoms with Gasteiger partial charge in [-0.15, -0.1) is 0 Å². The lowest BCUT2D eigenvalue weighted by atomic mass is 9.77. The molecule has 1 nitrogen and oxygen atoms in total. The normalized spacial score (nSPS) is 24.3. The molecule has 15 heavy (non-hydrogen) atoms. The van der Waals surface area contributed by atoms with E-state index in [1.165, 1.54) is 5.56 Å². The Hall–Kier alpha value is -1.11. The maximum absolute atomic E-state index is 12.3. The van der Waals surface area contributed by atoms with E-state index in [1.54, 1.807) is 0 Å². The van der Waals surface area contributed by atoms with Crippen LogP contribution in [-0.4, -0.2) is 5.78 Å². The zero-order chi connectivity index (χ0) is 10.9. The van der Waals surface area contributed by atoms with Gasteiger partial charge in [-0.3, -0.25) is 4.79 Å². The van der Waals surface area contributed by atoms with E-state index < -0.39 is 0 Å². The molecule has 0 aliphatic heterocycles. The molecule has 0 N–H and O–H groups in total. The summed E-state index contributed by atoms with van der Waals surface area (Å²) in [5, 5.41) is 0. The molecule has 1 heteroatoms. The summed E-state index contributed by atoms with van der Waals surface area (Å²) in [5.41, 5.74) is 2.13. The van der Waals surface area contributed by atoms with Crippen LogP contribution in [0.2, 0.25) is 0 Å². The van der Waals surface area contributed by atoms with E-state index in [-0.39, 0.29) is 5.41 Å². The van der Waals surface area contributed by atoms with Crippen molar-refractivity contribution in [2.75, 3.05) is 0 Å². The third kappa shape index (κ3) is 1.50. The third-order valence-electron chi connectivity index (χ3n) is 3.68. The van der Waals surface area contributed by atoms with Crippen molar-refractivity contribution in [2.24, 2.45) is 5.41 Å². The number of hydrogen-bond donors (Lipinski definition) is 0. The number of ketones is 1. The first-order valence-electron chi connectivity index (χ1n) is 5.86. The molecule has 0 saturated carbocycles. The van der Waals surface area contributed by atoms with Crippen LogP contribution >= 0.6 is 0 Å². The predicted molar refractivity (Wildman–Crippen MR) is 62.1 cm³/mol. The molecule has 1 aromatic rings. The smallest absolute Gasteiger partial charge is 0.169 e. The van der Waals surface area contributed by atoms with Crippen molar-refractivity contribution < 1.29 is 4.79 Å². The third-order valence-corrected chi connectivity index (χ3v) is 3.68. The minimum Gasteiger partial charge on any atom is -0.294 e. The van der Waals surface area contributed by atoms with Gasteiger partial charge in [-0.1, -0.05) is 44.5 Å². The average Bonchev–Trinajstić information content (AvgIpc) is 2.54. The van der Waals surface area contributed by atoms with Gasteiger partial charge >= 0.3 is 0 Å². The summed E-state index contributed by atoms with van der Waals surface area (Å²) < 4.78 is 0. The van der Waals surface area contributed by atoms with E-state index in [2.05, 4.69) is 19.9 Å². The first-order chi connectivity index (χ1) is 7.23. The van der Waals surface area contributed by atoms with Crippen LogP contribution in [-0.2, 0) is 6.42 Å². The Morgan fingerprint density at radius 1 is 1.27 bits per heavy atom. The molecule has 1 aliphatic rings. The quantitative estimate of drug-likeness (QED) is 0.731. The number of carbonyl (C=O) groups excluding carboxylic acids is 1. The fraction of sp³-hybridized carbons (Fsp3) is 0.500. The molecule has 0 spiro atoms. The van der Waals surface area contributed by atoms with Gasteiger partial charge < -0.3 is 0 Å². The van der Waals surface area contributed by atoms with Gasteiger partial charge in [0.15, 0.2) is 5.78 Å². The maximum atomic E-state index is 12.3. The predicted octanol–water partition coefficient (Wildman–Crippen LogP) is 3.62. The molecule has 1 atom stereocenters. The molecule has 1 unspecified atom stereocenters. The van der Waals surface area contributed by atoms with Crippen LogP contribution in [0.3, 0.4) is 0 Å². The van der Waals surface area contributed by atoms with Crippen molar-refractivity contribution in [2.45, 2.75) is 39.5 Å². The first-order valence-corrected chi connectivity index (χ1v) is 5.86. The standard InChI is InChI=1S/C14H18O/c1-3-9-14(4-2)10-11-7-5-6-8-12(11)13(14)15/h5-8H,3-4,9-10H2,1-2H3. The van der Waals surface area contributed by atoms with Crippen LogP contribution in [0, 0.1) is 5.41 Å². The molecular formula is C14H18O. The molecule has 0 amide bonds. The van der Waals surface area contributed by atoms with Crippen molar-refractivity contribution in [3.05, 3.63) is 35.4 Å². The average molecular weight is 202 g/mol. The van der Waals surface area contributed by atoms with Gasteiger partial charge in [0.1, 0.15) is 0 Å². The Labute approximate surface area is 91.5 Å². The van der Waals surface area contributed by atoms with Crippen LogP contribution in [0.1, 0.15) is 49.0 Å². The Kier molecular flexibility index (Phi) is 2.64. The van der Waals surface area contributed by atoms with Gasteiger partial charge in [-0.05, 0) is 24.8 Å². The molecule has 0 fully saturated rings. The molecule has 1 aliphatic carbocycles. The highest BCUT2D eigenvalue weighted by atomic mass is 16.1. The lowest BCUT2D eigenvalue weighted by Crippen LogP contribution is -2.26. The van der Waals surface area contributed by atoms with Crippen LogP contribution in [0.5, 0.6) is 0 Å². The van der Waals surface area contributed by atoms with Crippen LogP contribution in [0.15, 0.2) is 24.3 Å². The van der Waals surface area contributed by atoms with Gasteiger partial charge in [-0.25, -0.2) is 0 Å². The van der Waals surface area contributed by atoms with Gasteiger partial charge in [0.05, 0.1) is 0 Å². The number of hydrogen-bond acceptors (Lipinski definition) is 1. The SMILES string of the molecule is CCCC1(CC)Cc2ccccc2C1=O. The summed E-state index contributed by atoms with van der Waals surface area (Å²) in [4.78, 5) is 12.3. The van der Waals surface area contributed by atoms with Gasteiger partial charge in [0, 0.05) is 11.0 Å². The van der Waals surface area contributed by atoms with Crippen molar-refractivity contribution in [1.29, 1.82) is 0 Å². The first kappa shape index (κ1) is 10.4. The topological polar surface area (TPSA) is 17.1 Å². The molecule has 1 aromatic carbocycles. The van der Waals surface area contributed by atoms with Crippen molar-refractivity contribution in [3.63, 3.8) is 0 Å². The largest absolute Gasteiger partial charge is 0.294 e. The van der Waals surface area contributed by atoms with Crippen molar-refractivity contribution >= 4 is 5.78 Å². The second-order valence-corrected chi connectivity index (χ2v) is 4.55. The molecule has 0 aromatic heterocycles. The fourth-order valence-electron chi connectivity index (χ4n) is 2.77. The Morgan fingerprint density at radius 2 is 2.00 bits per heavy atom. The summed E-state index contributed by atoms with van der Waals surface area (Å²) >= 11 is 0. The summed E-state index contributed by atoms with van der Waals surface area (Å²) in [5.74, 6) is 0.377. The summed E-state index contributed by atoms with van der Waals surface area (Å²) in [7, 11) is 0. The highest BCUT2D eigenvalue weighted by molar-refractivity contribution is 6.04. The van der Waals surface area contributed by atoms with E-state index in [0.717, 1.165) is 31.2 Å². The summed E-state index contributed by atoms with van der Waals surface area (Å²) in [6.07, 6.45) is 4.03. The highest BCUT2D eigenvalue weighted by Crippen LogP contribution is 2.42. The molecular weight excluding hydrogens is 184 g/mol. The Morgan fingerprint density at radius 3 is 2.60 bits per heavy atom. The Balaban J connectivity index is 2.40. The number of fused-ring (bicyclic) bond motifs is 1. The van der Waals surface area contributed by atoms with Crippen molar-refractivity contribution in [3.8, 4) is 0 Å². The van der Waals surface area contributed by atoms with Crippen molar-refractivity contribution in [1.82, 2.24) is 0 Å². The monoisotopic (exact) mass is 202 g/mol. The van der Waals surface area contributed by atoms with E-state index in [4.69, 9.17) is 0 Å². The van der Waals surface area contributed by atoms with Crippen LogP contribution in [0.25, 0.3) is 0 Å². The molecule has 2 rings (SSSR count). The van der Waals surface area contributed by atoms with Crippen LogP contribution in [0.4, 0.5) is 0 Å². The lowest BCUT2D eigenvalue weighted by molar-refractivity contribution is 0.0795. The van der Waals surface area contributed by atoms with E-state index >= 15 is 0 Å². The molecule has 0 bridgehead atoms. The number of carbonyl (C=O) groups is 1. The molecule has 0 saturated heterocycles. The molecule has 80 valence electrons. The number of rotatable bonds is 3. The zero-order valence-electron chi connectivity index (χ0n) is 9.55. The Bertz CT molecular complexity index is 381. The van der Waals surface area contributed by atoms with E-state index in [1.807, 2.05) is 18.2 Å². The van der Waals surface area contributed by atoms with Gasteiger partial charge in [0.25, 0.3) is 0 Å². The molecule has 0 radical (unpaired) electrons. The van der Waals surface area contributed by atoms with Gasteiger partial charge in [-0.2, -0.15) is 0 Å². The second kappa shape index (κ2) is 3.80. The van der Waals surface area contributed by atoms with E-state index in [9.17, 15) is 4.79 Å². The van der Waals surface area contributed by atoms with Gasteiger partial charge in [0.2, 0.25) is 0 Å². The molecule has 0 heterocycles.